The third-order valence-electron chi connectivity index (χ3n) is 4.08. The van der Waals surface area contributed by atoms with Crippen LogP contribution < -0.4 is 14.2 Å². The van der Waals surface area contributed by atoms with Crippen molar-refractivity contribution in [1.82, 2.24) is 4.90 Å². The van der Waals surface area contributed by atoms with Crippen LogP contribution in [0, 0.1) is 0 Å². The van der Waals surface area contributed by atoms with Gasteiger partial charge in [0.05, 0.1) is 31.9 Å². The SMILES string of the molecule is COc1ccc(C=C2SC(=Nc3ccc(Cl)cc3)N(C)C2=O)c(OC)c1OC. The Labute approximate surface area is 172 Å². The van der Waals surface area contributed by atoms with E-state index in [1.165, 1.54) is 23.8 Å². The van der Waals surface area contributed by atoms with E-state index in [-0.39, 0.29) is 5.91 Å². The van der Waals surface area contributed by atoms with Gasteiger partial charge in [0.25, 0.3) is 5.91 Å². The number of rotatable bonds is 5. The molecule has 0 saturated carbocycles. The van der Waals surface area contributed by atoms with Crippen molar-refractivity contribution in [3.63, 3.8) is 0 Å². The van der Waals surface area contributed by atoms with Crippen LogP contribution in [0.5, 0.6) is 17.2 Å². The molecule has 3 rings (SSSR count). The number of nitrogens with zero attached hydrogens (tertiary/aromatic N) is 2. The summed E-state index contributed by atoms with van der Waals surface area (Å²) < 4.78 is 16.2. The van der Waals surface area contributed by atoms with Crippen LogP contribution in [0.1, 0.15) is 5.56 Å². The zero-order valence-electron chi connectivity index (χ0n) is 15.9. The van der Waals surface area contributed by atoms with Gasteiger partial charge < -0.3 is 14.2 Å². The molecule has 8 heteroatoms. The molecule has 1 amide bonds. The first-order valence-corrected chi connectivity index (χ1v) is 9.48. The monoisotopic (exact) mass is 418 g/mol. The van der Waals surface area contributed by atoms with E-state index in [9.17, 15) is 4.79 Å². The first-order valence-electron chi connectivity index (χ1n) is 8.29. The number of thioether (sulfide) groups is 1. The molecule has 2 aromatic rings. The Morgan fingerprint density at radius 2 is 1.68 bits per heavy atom. The zero-order valence-corrected chi connectivity index (χ0v) is 17.4. The van der Waals surface area contributed by atoms with E-state index in [1.807, 2.05) is 6.07 Å². The van der Waals surface area contributed by atoms with Gasteiger partial charge in [-0.1, -0.05) is 11.6 Å². The predicted octanol–water partition coefficient (Wildman–Crippen LogP) is 4.60. The smallest absolute Gasteiger partial charge is 0.266 e. The summed E-state index contributed by atoms with van der Waals surface area (Å²) in [6, 6.07) is 10.7. The number of ether oxygens (including phenoxy) is 3. The van der Waals surface area contributed by atoms with E-state index in [0.29, 0.717) is 37.9 Å². The van der Waals surface area contributed by atoms with Crippen LogP contribution in [0.3, 0.4) is 0 Å². The highest BCUT2D eigenvalue weighted by Crippen LogP contribution is 2.42. The summed E-state index contributed by atoms with van der Waals surface area (Å²) in [5.74, 6) is 1.37. The number of hydrogen-bond donors (Lipinski definition) is 0. The van der Waals surface area contributed by atoms with Crippen LogP contribution in [-0.2, 0) is 4.79 Å². The van der Waals surface area contributed by atoms with Gasteiger partial charge in [-0.3, -0.25) is 9.69 Å². The largest absolute Gasteiger partial charge is 0.493 e. The van der Waals surface area contributed by atoms with E-state index >= 15 is 0 Å². The Bertz CT molecular complexity index is 957. The standard InChI is InChI=1S/C20H19ClN2O4S/c1-23-19(24)16(28-20(23)22-14-8-6-13(21)7-9-14)11-12-5-10-15(25-2)18(27-4)17(12)26-3/h5-11H,1-4H3. The lowest BCUT2D eigenvalue weighted by molar-refractivity contribution is -0.121. The number of amidine groups is 1. The first-order chi connectivity index (χ1) is 13.5. The van der Waals surface area contributed by atoms with Crippen molar-refractivity contribution in [2.75, 3.05) is 28.4 Å². The third-order valence-corrected chi connectivity index (χ3v) is 5.39. The minimum absolute atomic E-state index is 0.144. The second kappa shape index (κ2) is 8.58. The van der Waals surface area contributed by atoms with Crippen LogP contribution in [0.25, 0.3) is 6.08 Å². The van der Waals surface area contributed by atoms with E-state index in [2.05, 4.69) is 4.99 Å². The lowest BCUT2D eigenvalue weighted by Crippen LogP contribution is -2.23. The minimum atomic E-state index is -0.144. The van der Waals surface area contributed by atoms with E-state index < -0.39 is 0 Å². The summed E-state index contributed by atoms with van der Waals surface area (Å²) in [6.45, 7) is 0. The molecule has 0 atom stereocenters. The summed E-state index contributed by atoms with van der Waals surface area (Å²) >= 11 is 7.20. The van der Waals surface area contributed by atoms with Gasteiger partial charge in [0, 0.05) is 17.6 Å². The highest BCUT2D eigenvalue weighted by Gasteiger charge is 2.31. The quantitative estimate of drug-likeness (QED) is 0.664. The molecule has 1 saturated heterocycles. The summed E-state index contributed by atoms with van der Waals surface area (Å²) in [7, 11) is 6.33. The number of hydrogen-bond acceptors (Lipinski definition) is 6. The molecule has 28 heavy (non-hydrogen) atoms. The molecule has 0 bridgehead atoms. The van der Waals surface area contributed by atoms with Gasteiger partial charge >= 0.3 is 0 Å². The van der Waals surface area contributed by atoms with E-state index in [4.69, 9.17) is 25.8 Å². The van der Waals surface area contributed by atoms with Gasteiger partial charge in [0.2, 0.25) is 5.75 Å². The highest BCUT2D eigenvalue weighted by molar-refractivity contribution is 8.18. The molecule has 0 unspecified atom stereocenters. The van der Waals surface area contributed by atoms with Gasteiger partial charge in [-0.25, -0.2) is 4.99 Å². The molecule has 1 fully saturated rings. The molecule has 0 N–H and O–H groups in total. The Kier molecular flexibility index (Phi) is 6.16. The Balaban J connectivity index is 1.97. The van der Waals surface area contributed by atoms with Crippen LogP contribution in [-0.4, -0.2) is 44.4 Å². The molecule has 6 nitrogen and oxygen atoms in total. The number of amides is 1. The molecule has 2 aromatic carbocycles. The number of carbonyl (C=O) groups is 1. The number of aliphatic imine (C=N–C) groups is 1. The second-order valence-electron chi connectivity index (χ2n) is 5.77. The fraction of sp³-hybridized carbons (Fsp3) is 0.200. The van der Waals surface area contributed by atoms with Gasteiger partial charge in [0.15, 0.2) is 16.7 Å². The molecule has 1 aliphatic rings. The molecule has 0 radical (unpaired) electrons. The summed E-state index contributed by atoms with van der Waals surface area (Å²) in [5, 5.41) is 1.21. The summed E-state index contributed by atoms with van der Waals surface area (Å²) in [4.78, 5) is 19.3. The summed E-state index contributed by atoms with van der Waals surface area (Å²) in [5.41, 5.74) is 1.42. The molecule has 0 aliphatic carbocycles. The maximum Gasteiger partial charge on any atom is 0.266 e. The van der Waals surface area contributed by atoms with Gasteiger partial charge in [-0.15, -0.1) is 0 Å². The van der Waals surface area contributed by atoms with Crippen molar-refractivity contribution in [2.24, 2.45) is 4.99 Å². The normalized spacial score (nSPS) is 16.8. The fourth-order valence-electron chi connectivity index (χ4n) is 2.66. The Hall–Kier alpha value is -2.64. The van der Waals surface area contributed by atoms with Crippen LogP contribution >= 0.6 is 23.4 Å². The lowest BCUT2D eigenvalue weighted by Gasteiger charge is -2.14. The number of carbonyl (C=O) groups excluding carboxylic acids is 1. The molecule has 1 aliphatic heterocycles. The Morgan fingerprint density at radius 3 is 2.29 bits per heavy atom. The van der Waals surface area contributed by atoms with Crippen molar-refractivity contribution in [2.45, 2.75) is 0 Å². The summed E-state index contributed by atoms with van der Waals surface area (Å²) in [6.07, 6.45) is 1.76. The maximum atomic E-state index is 12.7. The van der Waals surface area contributed by atoms with Gasteiger partial charge in [-0.2, -0.15) is 0 Å². The number of benzene rings is 2. The fourth-order valence-corrected chi connectivity index (χ4v) is 3.76. The molecule has 0 aromatic heterocycles. The minimum Gasteiger partial charge on any atom is -0.493 e. The van der Waals surface area contributed by atoms with Crippen molar-refractivity contribution in [3.8, 4) is 17.2 Å². The average molecular weight is 419 g/mol. The number of likely N-dealkylation sites (N-methyl/N-ethyl adjacent to an activating group) is 1. The molecule has 146 valence electrons. The van der Waals surface area contributed by atoms with Crippen LogP contribution in [0.15, 0.2) is 46.3 Å². The first kappa shape index (κ1) is 20.1. The zero-order chi connectivity index (χ0) is 20.3. The van der Waals surface area contributed by atoms with Gasteiger partial charge in [-0.05, 0) is 54.2 Å². The topological polar surface area (TPSA) is 60.4 Å². The predicted molar refractivity (Wildman–Crippen MR) is 113 cm³/mol. The average Bonchev–Trinajstić information content (AvgIpc) is 2.97. The molecular weight excluding hydrogens is 400 g/mol. The van der Waals surface area contributed by atoms with Crippen LogP contribution in [0.2, 0.25) is 5.02 Å². The van der Waals surface area contributed by atoms with Crippen molar-refractivity contribution in [3.05, 3.63) is 51.9 Å². The van der Waals surface area contributed by atoms with Crippen LogP contribution in [0.4, 0.5) is 5.69 Å². The Morgan fingerprint density at radius 1 is 1.00 bits per heavy atom. The molecule has 0 spiro atoms. The number of halogens is 1. The van der Waals surface area contributed by atoms with E-state index in [1.54, 1.807) is 57.7 Å². The van der Waals surface area contributed by atoms with Crippen molar-refractivity contribution < 1.29 is 19.0 Å². The molecular formula is C20H19ClN2O4S. The maximum absolute atomic E-state index is 12.7. The lowest BCUT2D eigenvalue weighted by atomic mass is 10.1. The number of methoxy groups -OCH3 is 3. The third kappa shape index (κ3) is 3.95. The van der Waals surface area contributed by atoms with E-state index in [0.717, 1.165) is 5.69 Å². The molecule has 1 heterocycles. The highest BCUT2D eigenvalue weighted by atomic mass is 35.5. The van der Waals surface area contributed by atoms with Gasteiger partial charge in [0.1, 0.15) is 0 Å². The van der Waals surface area contributed by atoms with Crippen molar-refractivity contribution in [1.29, 1.82) is 0 Å². The second-order valence-corrected chi connectivity index (χ2v) is 7.21. The van der Waals surface area contributed by atoms with Crippen molar-refractivity contribution >= 4 is 46.2 Å².